The van der Waals surface area contributed by atoms with E-state index in [0.29, 0.717) is 5.69 Å². The number of thiophene rings is 1. The van der Waals surface area contributed by atoms with Crippen LogP contribution in [0.25, 0.3) is 10.6 Å². The highest BCUT2D eigenvalue weighted by molar-refractivity contribution is 7.13. The zero-order chi connectivity index (χ0) is 14.8. The Bertz CT molecular complexity index is 570. The van der Waals surface area contributed by atoms with Crippen molar-refractivity contribution in [2.45, 2.75) is 26.9 Å². The van der Waals surface area contributed by atoms with Crippen LogP contribution in [-0.2, 0) is 0 Å². The van der Waals surface area contributed by atoms with E-state index in [-0.39, 0.29) is 17.9 Å². The minimum Gasteiger partial charge on any atom is -0.391 e. The predicted octanol–water partition coefficient (Wildman–Crippen LogP) is 2.27. The number of aromatic nitrogens is 2. The summed E-state index contributed by atoms with van der Waals surface area (Å²) in [6.45, 7) is 5.98. The average Bonchev–Trinajstić information content (AvgIpc) is 3.03. The molecule has 2 aromatic heterocycles. The van der Waals surface area contributed by atoms with Crippen LogP contribution in [0.2, 0.25) is 0 Å². The van der Waals surface area contributed by atoms with Crippen LogP contribution in [0.5, 0.6) is 0 Å². The van der Waals surface area contributed by atoms with Crippen LogP contribution in [0.3, 0.4) is 0 Å². The second kappa shape index (κ2) is 5.76. The van der Waals surface area contributed by atoms with Crippen molar-refractivity contribution in [2.75, 3.05) is 6.54 Å². The summed E-state index contributed by atoms with van der Waals surface area (Å²) < 4.78 is 0. The lowest BCUT2D eigenvalue weighted by Crippen LogP contribution is -2.39. The van der Waals surface area contributed by atoms with Gasteiger partial charge in [-0.25, -0.2) is 0 Å². The number of nitrogens with zero attached hydrogens (tertiary/aromatic N) is 1. The first-order chi connectivity index (χ1) is 9.38. The summed E-state index contributed by atoms with van der Waals surface area (Å²) in [5.74, 6) is -0.285. The van der Waals surface area contributed by atoms with Gasteiger partial charge >= 0.3 is 0 Å². The summed E-state index contributed by atoms with van der Waals surface area (Å²) in [4.78, 5) is 13.0. The quantitative estimate of drug-likeness (QED) is 0.809. The number of amides is 1. The van der Waals surface area contributed by atoms with Crippen LogP contribution < -0.4 is 5.32 Å². The maximum atomic E-state index is 12.0. The summed E-state index contributed by atoms with van der Waals surface area (Å²) in [5.41, 5.74) is 0.886. The fourth-order valence-corrected chi connectivity index (χ4v) is 2.27. The zero-order valence-electron chi connectivity index (χ0n) is 11.8. The van der Waals surface area contributed by atoms with Crippen molar-refractivity contribution in [1.82, 2.24) is 15.5 Å². The van der Waals surface area contributed by atoms with Crippen molar-refractivity contribution in [3.63, 3.8) is 0 Å². The molecule has 2 aromatic rings. The van der Waals surface area contributed by atoms with Gasteiger partial charge in [-0.3, -0.25) is 9.89 Å². The van der Waals surface area contributed by atoms with E-state index in [4.69, 9.17) is 0 Å². The number of hydrogen-bond acceptors (Lipinski definition) is 4. The van der Waals surface area contributed by atoms with Gasteiger partial charge in [0, 0.05) is 6.54 Å². The molecule has 0 saturated heterocycles. The van der Waals surface area contributed by atoms with Crippen molar-refractivity contribution in [3.05, 3.63) is 29.3 Å². The monoisotopic (exact) mass is 293 g/mol. The Kier molecular flexibility index (Phi) is 4.25. The topological polar surface area (TPSA) is 78.0 Å². The molecular weight excluding hydrogens is 274 g/mol. The second-order valence-corrected chi connectivity index (χ2v) is 6.68. The average molecular weight is 293 g/mol. The first-order valence-corrected chi connectivity index (χ1v) is 7.31. The Morgan fingerprint density at radius 2 is 2.30 bits per heavy atom. The number of aliphatic hydroxyl groups is 1. The number of rotatable bonds is 4. The van der Waals surface area contributed by atoms with Crippen molar-refractivity contribution < 1.29 is 9.90 Å². The predicted molar refractivity (Wildman–Crippen MR) is 79.7 cm³/mol. The van der Waals surface area contributed by atoms with Crippen LogP contribution >= 0.6 is 11.3 Å². The number of H-pyrrole nitrogens is 1. The standard InChI is InChI=1S/C14H19N3O2S/c1-14(2,3)12(18)8-15-13(19)10-7-9(16-17-10)11-5-4-6-20-11/h4-7,12,18H,8H2,1-3H3,(H,15,19)(H,16,17). The van der Waals surface area contributed by atoms with Crippen molar-refractivity contribution in [1.29, 1.82) is 0 Å². The summed E-state index contributed by atoms with van der Waals surface area (Å²) in [6, 6.07) is 5.62. The Hall–Kier alpha value is -1.66. The minimum absolute atomic E-state index is 0.212. The van der Waals surface area contributed by atoms with Gasteiger partial charge in [0.25, 0.3) is 5.91 Å². The Labute approximate surface area is 122 Å². The molecule has 6 heteroatoms. The fraction of sp³-hybridized carbons (Fsp3) is 0.429. The highest BCUT2D eigenvalue weighted by Gasteiger charge is 2.23. The molecule has 0 bridgehead atoms. The number of aromatic amines is 1. The number of carbonyl (C=O) groups is 1. The van der Waals surface area contributed by atoms with Crippen LogP contribution in [0.1, 0.15) is 31.3 Å². The molecular formula is C14H19N3O2S. The smallest absolute Gasteiger partial charge is 0.271 e. The Morgan fingerprint density at radius 1 is 1.55 bits per heavy atom. The normalized spacial score (nSPS) is 13.2. The summed E-state index contributed by atoms with van der Waals surface area (Å²) in [7, 11) is 0. The molecule has 0 aliphatic rings. The third-order valence-electron chi connectivity index (χ3n) is 3.05. The highest BCUT2D eigenvalue weighted by atomic mass is 32.1. The first-order valence-electron chi connectivity index (χ1n) is 6.43. The molecule has 0 fully saturated rings. The maximum absolute atomic E-state index is 12.0. The van der Waals surface area contributed by atoms with Gasteiger partial charge in [0.05, 0.1) is 16.7 Å². The maximum Gasteiger partial charge on any atom is 0.271 e. The molecule has 0 aromatic carbocycles. The molecule has 20 heavy (non-hydrogen) atoms. The van der Waals surface area contributed by atoms with Gasteiger partial charge in [-0.15, -0.1) is 11.3 Å². The van der Waals surface area contributed by atoms with Crippen molar-refractivity contribution in [3.8, 4) is 10.6 Å². The Balaban J connectivity index is 1.97. The van der Waals surface area contributed by atoms with Gasteiger partial charge < -0.3 is 10.4 Å². The highest BCUT2D eigenvalue weighted by Crippen LogP contribution is 2.23. The molecule has 108 valence electrons. The lowest BCUT2D eigenvalue weighted by Gasteiger charge is -2.25. The molecule has 0 saturated carbocycles. The van der Waals surface area contributed by atoms with E-state index in [0.717, 1.165) is 10.6 Å². The molecule has 0 aliphatic carbocycles. The largest absolute Gasteiger partial charge is 0.391 e. The molecule has 0 aliphatic heterocycles. The van der Waals surface area contributed by atoms with Gasteiger partial charge in [-0.05, 0) is 22.9 Å². The van der Waals surface area contributed by atoms with Gasteiger partial charge in [-0.1, -0.05) is 26.8 Å². The van der Waals surface area contributed by atoms with Crippen LogP contribution in [-0.4, -0.2) is 33.9 Å². The van der Waals surface area contributed by atoms with E-state index in [2.05, 4.69) is 15.5 Å². The van der Waals surface area contributed by atoms with E-state index in [1.165, 1.54) is 0 Å². The Morgan fingerprint density at radius 3 is 2.90 bits per heavy atom. The van der Waals surface area contributed by atoms with Crippen LogP contribution in [0.4, 0.5) is 0 Å². The summed E-state index contributed by atoms with van der Waals surface area (Å²) in [5, 5.41) is 21.4. The van der Waals surface area contributed by atoms with Gasteiger partial charge in [0.15, 0.2) is 5.69 Å². The molecule has 0 radical (unpaired) electrons. The van der Waals surface area contributed by atoms with Gasteiger partial charge in [0.1, 0.15) is 0 Å². The number of carbonyl (C=O) groups excluding carboxylic acids is 1. The molecule has 0 spiro atoms. The number of hydrogen-bond donors (Lipinski definition) is 3. The van der Waals surface area contributed by atoms with Crippen LogP contribution in [0, 0.1) is 5.41 Å². The number of aliphatic hydroxyl groups excluding tert-OH is 1. The van der Waals surface area contributed by atoms with Gasteiger partial charge in [0.2, 0.25) is 0 Å². The summed E-state index contributed by atoms with van der Waals surface area (Å²) >= 11 is 1.58. The molecule has 2 heterocycles. The zero-order valence-corrected chi connectivity index (χ0v) is 12.6. The lowest BCUT2D eigenvalue weighted by atomic mass is 9.89. The molecule has 3 N–H and O–H groups in total. The third-order valence-corrected chi connectivity index (χ3v) is 3.96. The van der Waals surface area contributed by atoms with Crippen molar-refractivity contribution >= 4 is 17.2 Å². The van der Waals surface area contributed by atoms with Gasteiger partial charge in [-0.2, -0.15) is 5.10 Å². The van der Waals surface area contributed by atoms with E-state index < -0.39 is 6.10 Å². The van der Waals surface area contributed by atoms with E-state index in [1.807, 2.05) is 38.3 Å². The fourth-order valence-electron chi connectivity index (χ4n) is 1.58. The molecule has 1 atom stereocenters. The van der Waals surface area contributed by atoms with E-state index in [9.17, 15) is 9.90 Å². The second-order valence-electron chi connectivity index (χ2n) is 5.74. The first kappa shape index (κ1) is 14.7. The summed E-state index contributed by atoms with van der Waals surface area (Å²) in [6.07, 6.45) is -0.595. The SMILES string of the molecule is CC(C)(C)C(O)CNC(=O)c1cc(-c2cccs2)[nH]n1. The lowest BCUT2D eigenvalue weighted by molar-refractivity contribution is 0.0585. The number of nitrogens with one attached hydrogen (secondary N) is 2. The molecule has 1 amide bonds. The van der Waals surface area contributed by atoms with Crippen LogP contribution in [0.15, 0.2) is 23.6 Å². The molecule has 1 unspecified atom stereocenters. The minimum atomic E-state index is -0.595. The molecule has 2 rings (SSSR count). The molecule has 5 nitrogen and oxygen atoms in total. The van der Waals surface area contributed by atoms with E-state index in [1.54, 1.807) is 17.4 Å². The third kappa shape index (κ3) is 3.46. The van der Waals surface area contributed by atoms with Crippen molar-refractivity contribution in [2.24, 2.45) is 5.41 Å². The van der Waals surface area contributed by atoms with E-state index >= 15 is 0 Å².